The number of ether oxygens (including phenoxy) is 2. The number of amides is 1. The minimum absolute atomic E-state index is 0.0132. The molecule has 5 nitrogen and oxygen atoms in total. The lowest BCUT2D eigenvalue weighted by Gasteiger charge is -2.45. The summed E-state index contributed by atoms with van der Waals surface area (Å²) >= 11 is 0. The van der Waals surface area contributed by atoms with Crippen LogP contribution in [0.5, 0.6) is 0 Å². The summed E-state index contributed by atoms with van der Waals surface area (Å²) in [6.45, 7) is 1.96. The maximum atomic E-state index is 13.3. The van der Waals surface area contributed by atoms with Gasteiger partial charge >= 0.3 is 18.4 Å². The van der Waals surface area contributed by atoms with Gasteiger partial charge in [0.15, 0.2) is 0 Å². The molecular weight excluding hydrogens is 478 g/mol. The summed E-state index contributed by atoms with van der Waals surface area (Å²) in [5.41, 5.74) is -3.48. The number of cyclic esters (lactones) is 1. The molecule has 2 saturated heterocycles. The molecule has 1 amide bonds. The first-order valence-electron chi connectivity index (χ1n) is 11.0. The minimum Gasteiger partial charge on any atom is -0.447 e. The molecular formula is C24H24F6N2O3. The van der Waals surface area contributed by atoms with Crippen LogP contribution in [0.3, 0.4) is 0 Å². The molecule has 2 aliphatic rings. The number of hydrogen-bond donors (Lipinski definition) is 2. The third kappa shape index (κ3) is 5.40. The van der Waals surface area contributed by atoms with Gasteiger partial charge in [0, 0.05) is 6.54 Å². The number of carbonyl (C=O) groups is 1. The lowest BCUT2D eigenvalue weighted by Crippen LogP contribution is -2.62. The quantitative estimate of drug-likeness (QED) is 0.526. The van der Waals surface area contributed by atoms with Gasteiger partial charge in [-0.3, -0.25) is 0 Å². The highest BCUT2D eigenvalue weighted by Crippen LogP contribution is 2.40. The molecule has 0 bridgehead atoms. The molecule has 2 N–H and O–H groups in total. The van der Waals surface area contributed by atoms with Crippen LogP contribution in [0.1, 0.15) is 48.1 Å². The van der Waals surface area contributed by atoms with Crippen molar-refractivity contribution in [2.45, 2.75) is 49.3 Å². The fraction of sp³-hybridized carbons (Fsp3) is 0.458. The van der Waals surface area contributed by atoms with E-state index in [1.165, 1.54) is 6.92 Å². The Labute approximate surface area is 197 Å². The van der Waals surface area contributed by atoms with Crippen LogP contribution >= 0.6 is 0 Å². The average Bonchev–Trinajstić information content (AvgIpc) is 3.18. The van der Waals surface area contributed by atoms with E-state index in [0.717, 1.165) is 5.56 Å². The van der Waals surface area contributed by atoms with Gasteiger partial charge in [0.1, 0.15) is 6.61 Å². The molecule has 1 unspecified atom stereocenters. The van der Waals surface area contributed by atoms with Crippen LogP contribution in [0.2, 0.25) is 0 Å². The zero-order valence-electron chi connectivity index (χ0n) is 18.7. The molecule has 2 aromatic rings. The van der Waals surface area contributed by atoms with Gasteiger partial charge in [0.25, 0.3) is 0 Å². The van der Waals surface area contributed by atoms with E-state index in [-0.39, 0.29) is 24.8 Å². The number of carbonyl (C=O) groups excluding carboxylic acids is 1. The van der Waals surface area contributed by atoms with Crippen LogP contribution in [0.15, 0.2) is 48.5 Å². The van der Waals surface area contributed by atoms with Crippen molar-refractivity contribution in [3.05, 3.63) is 70.8 Å². The summed E-state index contributed by atoms with van der Waals surface area (Å²) in [5, 5.41) is 6.21. The van der Waals surface area contributed by atoms with Gasteiger partial charge in [-0.2, -0.15) is 26.3 Å². The van der Waals surface area contributed by atoms with Crippen LogP contribution in [0, 0.1) is 0 Å². The number of nitrogens with one attached hydrogen (secondary N) is 2. The fourth-order valence-electron chi connectivity index (χ4n) is 4.48. The number of rotatable bonds is 5. The van der Waals surface area contributed by atoms with E-state index in [2.05, 4.69) is 10.6 Å². The second-order valence-corrected chi connectivity index (χ2v) is 9.08. The van der Waals surface area contributed by atoms with Crippen molar-refractivity contribution < 1.29 is 40.6 Å². The Morgan fingerprint density at radius 1 is 1.00 bits per heavy atom. The van der Waals surface area contributed by atoms with Crippen molar-refractivity contribution in [2.24, 2.45) is 0 Å². The highest BCUT2D eigenvalue weighted by atomic mass is 19.4. The molecule has 2 aromatic carbocycles. The van der Waals surface area contributed by atoms with Gasteiger partial charge in [0.2, 0.25) is 0 Å². The topological polar surface area (TPSA) is 59.6 Å². The Hall–Kier alpha value is -2.79. The predicted octanol–water partition coefficient (Wildman–Crippen LogP) is 5.56. The summed E-state index contributed by atoms with van der Waals surface area (Å²) in [6.07, 6.45) is -10.4. The van der Waals surface area contributed by atoms with E-state index in [4.69, 9.17) is 9.47 Å². The summed E-state index contributed by atoms with van der Waals surface area (Å²) in [7, 11) is 0. The summed E-state index contributed by atoms with van der Waals surface area (Å²) in [4.78, 5) is 11.6. The molecule has 0 radical (unpaired) electrons. The van der Waals surface area contributed by atoms with Crippen molar-refractivity contribution in [1.29, 1.82) is 0 Å². The van der Waals surface area contributed by atoms with E-state index in [0.29, 0.717) is 31.5 Å². The molecule has 4 rings (SSSR count). The van der Waals surface area contributed by atoms with Gasteiger partial charge in [-0.25, -0.2) is 4.79 Å². The molecule has 1 spiro atoms. The molecule has 0 saturated carbocycles. The summed E-state index contributed by atoms with van der Waals surface area (Å²) in [5.74, 6) is 0. The van der Waals surface area contributed by atoms with Crippen LogP contribution in [-0.2, 0) is 27.4 Å². The third-order valence-corrected chi connectivity index (χ3v) is 6.63. The Morgan fingerprint density at radius 3 is 2.11 bits per heavy atom. The number of benzene rings is 2. The molecule has 2 fully saturated rings. The zero-order valence-corrected chi connectivity index (χ0v) is 18.7. The maximum Gasteiger partial charge on any atom is 0.416 e. The first-order chi connectivity index (χ1) is 16.3. The number of hydrogen-bond acceptors (Lipinski definition) is 4. The molecule has 2 heterocycles. The molecule has 11 heteroatoms. The molecule has 0 aliphatic carbocycles. The van der Waals surface area contributed by atoms with Gasteiger partial charge in [-0.1, -0.05) is 30.3 Å². The molecule has 2 aliphatic heterocycles. The van der Waals surface area contributed by atoms with Gasteiger partial charge in [-0.05, 0) is 49.1 Å². The number of piperidine rings is 1. The average molecular weight is 502 g/mol. The van der Waals surface area contributed by atoms with Crippen LogP contribution in [0.25, 0.3) is 0 Å². The van der Waals surface area contributed by atoms with E-state index in [1.807, 2.05) is 30.3 Å². The van der Waals surface area contributed by atoms with Crippen molar-refractivity contribution in [3.8, 4) is 0 Å². The molecule has 0 aromatic heterocycles. The predicted molar refractivity (Wildman–Crippen MR) is 113 cm³/mol. The highest BCUT2D eigenvalue weighted by Gasteiger charge is 2.48. The van der Waals surface area contributed by atoms with Crippen molar-refractivity contribution in [2.75, 3.05) is 19.8 Å². The monoisotopic (exact) mass is 502 g/mol. The standard InChI is InChI=1S/C24H24F6N2O3/c1-15(16-9-18(23(25,26)27)11-19(10-16)24(28,29)30)34-14-22(17-5-3-2-4-6-17)8-7-21(12-31-22)13-35-20(33)32-21/h2-6,9-11,15,31H,7-8,12-14H2,1H3,(H,32,33)/t15?,21-,22+/m0/s1. The molecule has 190 valence electrons. The van der Waals surface area contributed by atoms with Crippen LogP contribution in [-0.4, -0.2) is 31.4 Å². The SMILES string of the molecule is CC(OC[C@@]1(c2ccccc2)CC[C@]2(CN1)COC(=O)N2)c1cc(C(F)(F)F)cc(C(F)(F)F)c1. The van der Waals surface area contributed by atoms with E-state index >= 15 is 0 Å². The molecule has 35 heavy (non-hydrogen) atoms. The highest BCUT2D eigenvalue weighted by molar-refractivity contribution is 5.70. The Kier molecular flexibility index (Phi) is 6.52. The van der Waals surface area contributed by atoms with Gasteiger partial charge in [0.05, 0.1) is 34.9 Å². The summed E-state index contributed by atoms with van der Waals surface area (Å²) < 4.78 is 90.6. The summed E-state index contributed by atoms with van der Waals surface area (Å²) in [6, 6.07) is 10.7. The molecule has 3 atom stereocenters. The second kappa shape index (κ2) is 9.02. The van der Waals surface area contributed by atoms with E-state index < -0.39 is 46.8 Å². The largest absolute Gasteiger partial charge is 0.447 e. The fourth-order valence-corrected chi connectivity index (χ4v) is 4.48. The number of alkyl carbamates (subject to hydrolysis) is 1. The van der Waals surface area contributed by atoms with E-state index in [1.54, 1.807) is 0 Å². The van der Waals surface area contributed by atoms with Crippen molar-refractivity contribution in [1.82, 2.24) is 10.6 Å². The van der Waals surface area contributed by atoms with Crippen molar-refractivity contribution in [3.63, 3.8) is 0 Å². The minimum atomic E-state index is -4.94. The van der Waals surface area contributed by atoms with E-state index in [9.17, 15) is 31.1 Å². The lowest BCUT2D eigenvalue weighted by atomic mass is 9.77. The first kappa shape index (κ1) is 25.3. The lowest BCUT2D eigenvalue weighted by molar-refractivity contribution is -0.143. The zero-order chi connectivity index (χ0) is 25.5. The smallest absolute Gasteiger partial charge is 0.416 e. The maximum absolute atomic E-state index is 13.3. The Morgan fingerprint density at radius 2 is 1.63 bits per heavy atom. The normalized spacial score (nSPS) is 25.9. The number of halogens is 6. The number of alkyl halides is 6. The first-order valence-corrected chi connectivity index (χ1v) is 11.0. The van der Waals surface area contributed by atoms with Crippen LogP contribution in [0.4, 0.5) is 31.1 Å². The van der Waals surface area contributed by atoms with Gasteiger partial charge in [-0.15, -0.1) is 0 Å². The van der Waals surface area contributed by atoms with Gasteiger partial charge < -0.3 is 20.1 Å². The van der Waals surface area contributed by atoms with Crippen molar-refractivity contribution >= 4 is 6.09 Å². The second-order valence-electron chi connectivity index (χ2n) is 9.08. The Bertz CT molecular complexity index is 1030. The Balaban J connectivity index is 1.58. The van der Waals surface area contributed by atoms with Crippen LogP contribution < -0.4 is 10.6 Å². The third-order valence-electron chi connectivity index (χ3n) is 6.63.